The lowest BCUT2D eigenvalue weighted by molar-refractivity contribution is -0.157. The summed E-state index contributed by atoms with van der Waals surface area (Å²) in [4.78, 5) is 72.0. The maximum absolute atomic E-state index is 12.3. The molecule has 0 aliphatic carbocycles. The van der Waals surface area contributed by atoms with Gasteiger partial charge in [0.25, 0.3) is 0 Å². The SMILES string of the molecule is CC(=O)N1CCC[C@H]1C(=O)O[C@@H](C)c1cccc(C)c1C.CC(=O)N1CCC[C@H]1C(=O)O[C@H](C)c1cccc(C)c1C.Cc1cccc(C(C)O)c1C.Cc1cccc([C@@H](O)C(=O)O)c1C.Cc1cccc([C@H](O)C(=O)O)c1C. The highest BCUT2D eigenvalue weighted by Gasteiger charge is 2.36. The number of carboxylic acid groups (broad SMARTS) is 2. The number of aryl methyl sites for hydroxylation is 5. The van der Waals surface area contributed by atoms with Gasteiger partial charge in [-0.1, -0.05) is 91.0 Å². The van der Waals surface area contributed by atoms with Crippen molar-refractivity contribution >= 4 is 35.7 Å². The van der Waals surface area contributed by atoms with E-state index >= 15 is 0 Å². The molecule has 2 fully saturated rings. The molecule has 2 saturated heterocycles. The maximum Gasteiger partial charge on any atom is 0.337 e. The highest BCUT2D eigenvalue weighted by atomic mass is 16.5. The van der Waals surface area contributed by atoms with E-state index in [2.05, 4.69) is 13.0 Å². The molecule has 0 saturated carbocycles. The van der Waals surface area contributed by atoms with Crippen LogP contribution in [0.1, 0.15) is 174 Å². The molecule has 2 heterocycles. The van der Waals surface area contributed by atoms with E-state index in [1.807, 2.05) is 123 Å². The van der Waals surface area contributed by atoms with Crippen LogP contribution in [0.25, 0.3) is 0 Å². The van der Waals surface area contributed by atoms with E-state index in [1.54, 1.807) is 54.8 Å². The number of carbonyl (C=O) groups is 6. The molecule has 0 bridgehead atoms. The standard InChI is InChI=1S/2C17H23NO3.2C10H12O3.C10H14O/c2*1-11-7-5-8-15(12(11)2)13(3)21-17(20)16-9-6-10-18(16)14(4)19;2*1-6-4-3-5-8(7(6)2)9(11)10(12)13;1-7-5-4-6-10(8(7)2)9(3)11/h2*5,7-8,13,16H,6,9-10H2,1-4H3;2*3-5,9,11H,1-2H3,(H,12,13);4-6,9,11H,1-3H3/t13-,16+;13-,16-;2*9-;/m1010./s1. The van der Waals surface area contributed by atoms with Crippen LogP contribution in [-0.4, -0.2) is 96.2 Å². The van der Waals surface area contributed by atoms with Crippen LogP contribution < -0.4 is 0 Å². The topological polar surface area (TPSA) is 229 Å². The number of ether oxygens (including phenoxy) is 2. The Balaban J connectivity index is 0.000000266. The van der Waals surface area contributed by atoms with E-state index in [1.165, 1.54) is 36.1 Å². The zero-order valence-electron chi connectivity index (χ0n) is 48.8. The van der Waals surface area contributed by atoms with Gasteiger partial charge in [-0.3, -0.25) is 9.59 Å². The Morgan fingerprint density at radius 2 is 0.684 bits per heavy atom. The maximum atomic E-state index is 12.3. The van der Waals surface area contributed by atoms with Gasteiger partial charge in [0.15, 0.2) is 12.2 Å². The van der Waals surface area contributed by atoms with Crippen LogP contribution in [0.4, 0.5) is 0 Å². The number of benzene rings is 5. The third-order valence-electron chi connectivity index (χ3n) is 15.1. The molecule has 7 rings (SSSR count). The Bertz CT molecular complexity index is 2740. The number of hydrogen-bond acceptors (Lipinski definition) is 11. The monoisotopic (exact) mass is 1090 g/mol. The second-order valence-corrected chi connectivity index (χ2v) is 20.5. The number of aliphatic hydroxyl groups is 3. The van der Waals surface area contributed by atoms with Gasteiger partial charge in [-0.25, -0.2) is 19.2 Å². The first-order valence-electron chi connectivity index (χ1n) is 26.8. The van der Waals surface area contributed by atoms with Crippen molar-refractivity contribution in [1.82, 2.24) is 9.80 Å². The zero-order valence-corrected chi connectivity index (χ0v) is 48.8. The Morgan fingerprint density at radius 3 is 0.937 bits per heavy atom. The lowest BCUT2D eigenvalue weighted by Crippen LogP contribution is -2.40. The number of carboxylic acids is 2. The molecular formula is C64H84N2O13. The van der Waals surface area contributed by atoms with E-state index in [-0.39, 0.29) is 42.1 Å². The van der Waals surface area contributed by atoms with Crippen molar-refractivity contribution in [3.63, 3.8) is 0 Å². The first kappa shape index (κ1) is 66.1. The van der Waals surface area contributed by atoms with E-state index in [4.69, 9.17) is 19.7 Å². The van der Waals surface area contributed by atoms with Gasteiger partial charge in [0.05, 0.1) is 6.10 Å². The average Bonchev–Trinajstić information content (AvgIpc) is 4.12. The van der Waals surface area contributed by atoms with Crippen LogP contribution in [0, 0.1) is 69.2 Å². The molecule has 15 heteroatoms. The molecule has 7 atom stereocenters. The molecule has 2 aliphatic heterocycles. The summed E-state index contributed by atoms with van der Waals surface area (Å²) in [6.07, 6.45) is -0.683. The first-order valence-corrected chi connectivity index (χ1v) is 26.8. The summed E-state index contributed by atoms with van der Waals surface area (Å²) in [6, 6.07) is 27.7. The fourth-order valence-electron chi connectivity index (χ4n) is 9.47. The number of rotatable bonds is 11. The van der Waals surface area contributed by atoms with Gasteiger partial charge in [0.1, 0.15) is 24.3 Å². The second-order valence-electron chi connectivity index (χ2n) is 20.5. The third-order valence-corrected chi connectivity index (χ3v) is 15.1. The minimum absolute atomic E-state index is 0.0613. The number of nitrogens with zero attached hydrogens (tertiary/aromatic N) is 2. The fourth-order valence-corrected chi connectivity index (χ4v) is 9.47. The number of hydrogen-bond donors (Lipinski definition) is 5. The number of likely N-dealkylation sites (tertiary alicyclic amines) is 2. The van der Waals surface area contributed by atoms with Gasteiger partial charge < -0.3 is 44.8 Å². The van der Waals surface area contributed by atoms with Crippen LogP contribution in [0.3, 0.4) is 0 Å². The molecule has 428 valence electrons. The number of aliphatic hydroxyl groups excluding tert-OH is 3. The third kappa shape index (κ3) is 18.4. The highest BCUT2D eigenvalue weighted by molar-refractivity contribution is 5.85. The summed E-state index contributed by atoms with van der Waals surface area (Å²) >= 11 is 0. The van der Waals surface area contributed by atoms with Crippen molar-refractivity contribution < 1.29 is 63.8 Å². The Kier molecular flexibility index (Phi) is 25.8. The lowest BCUT2D eigenvalue weighted by Gasteiger charge is -2.24. The summed E-state index contributed by atoms with van der Waals surface area (Å²) in [5, 5.41) is 45.1. The van der Waals surface area contributed by atoms with Crippen LogP contribution in [0.5, 0.6) is 0 Å². The normalized spacial score (nSPS) is 16.3. The number of aliphatic carboxylic acids is 2. The van der Waals surface area contributed by atoms with Crippen molar-refractivity contribution in [2.45, 2.75) is 172 Å². The Labute approximate surface area is 467 Å². The summed E-state index contributed by atoms with van der Waals surface area (Å²) in [7, 11) is 0. The van der Waals surface area contributed by atoms with Crippen LogP contribution >= 0.6 is 0 Å². The first-order chi connectivity index (χ1) is 37.0. The van der Waals surface area contributed by atoms with Crippen molar-refractivity contribution in [3.8, 4) is 0 Å². The predicted molar refractivity (Wildman–Crippen MR) is 305 cm³/mol. The Hall–Kier alpha value is -7.20. The summed E-state index contributed by atoms with van der Waals surface area (Å²) in [5.41, 5.74) is 14.7. The van der Waals surface area contributed by atoms with Crippen molar-refractivity contribution in [2.75, 3.05) is 13.1 Å². The van der Waals surface area contributed by atoms with E-state index in [0.717, 1.165) is 62.9 Å². The van der Waals surface area contributed by atoms with Crippen LogP contribution in [0.15, 0.2) is 91.0 Å². The molecule has 5 aromatic carbocycles. The number of amides is 2. The molecule has 1 unspecified atom stereocenters. The number of carbonyl (C=O) groups excluding carboxylic acids is 4. The largest absolute Gasteiger partial charge is 0.479 e. The van der Waals surface area contributed by atoms with E-state index in [9.17, 15) is 44.1 Å². The minimum Gasteiger partial charge on any atom is -0.479 e. The molecule has 5 N–H and O–H groups in total. The summed E-state index contributed by atoms with van der Waals surface area (Å²) in [6.45, 7) is 29.5. The molecule has 0 aromatic heterocycles. The van der Waals surface area contributed by atoms with Crippen molar-refractivity contribution in [2.24, 2.45) is 0 Å². The smallest absolute Gasteiger partial charge is 0.337 e. The van der Waals surface area contributed by atoms with Gasteiger partial charge >= 0.3 is 23.9 Å². The Morgan fingerprint density at radius 1 is 0.430 bits per heavy atom. The van der Waals surface area contributed by atoms with Gasteiger partial charge in [-0.05, 0) is 199 Å². The molecule has 2 amide bonds. The molecule has 0 spiro atoms. The van der Waals surface area contributed by atoms with Gasteiger partial charge in [0, 0.05) is 26.9 Å². The van der Waals surface area contributed by atoms with Crippen LogP contribution in [-0.2, 0) is 38.2 Å². The average molecular weight is 1090 g/mol. The zero-order chi connectivity index (χ0) is 59.6. The molecular weight excluding hydrogens is 1000 g/mol. The van der Waals surface area contributed by atoms with E-state index in [0.29, 0.717) is 37.1 Å². The molecule has 0 radical (unpaired) electrons. The lowest BCUT2D eigenvalue weighted by atomic mass is 9.99. The van der Waals surface area contributed by atoms with E-state index < -0.39 is 36.2 Å². The molecule has 2 aliphatic rings. The molecule has 15 nitrogen and oxygen atoms in total. The minimum atomic E-state index is -1.42. The highest BCUT2D eigenvalue weighted by Crippen LogP contribution is 2.29. The molecule has 79 heavy (non-hydrogen) atoms. The number of esters is 2. The van der Waals surface area contributed by atoms with Gasteiger partial charge in [-0.2, -0.15) is 0 Å². The fraction of sp³-hybridized carbons (Fsp3) is 0.438. The van der Waals surface area contributed by atoms with Crippen LogP contribution in [0.2, 0.25) is 0 Å². The second kappa shape index (κ2) is 30.8. The predicted octanol–water partition coefficient (Wildman–Crippen LogP) is 11.0. The summed E-state index contributed by atoms with van der Waals surface area (Å²) < 4.78 is 11.2. The van der Waals surface area contributed by atoms with Gasteiger partial charge in [-0.15, -0.1) is 0 Å². The quantitative estimate of drug-likeness (QED) is 0.0777. The summed E-state index contributed by atoms with van der Waals surface area (Å²) in [5.74, 6) is -3.14. The molecule has 5 aromatic rings. The van der Waals surface area contributed by atoms with Gasteiger partial charge in [0.2, 0.25) is 11.8 Å². The van der Waals surface area contributed by atoms with Crippen molar-refractivity contribution in [1.29, 1.82) is 0 Å². The van der Waals surface area contributed by atoms with Crippen molar-refractivity contribution in [3.05, 3.63) is 174 Å².